The van der Waals surface area contributed by atoms with E-state index in [0.29, 0.717) is 31.0 Å². The molecule has 2 bridgehead atoms. The van der Waals surface area contributed by atoms with Gasteiger partial charge in [0.1, 0.15) is 0 Å². The van der Waals surface area contributed by atoms with E-state index >= 15 is 0 Å². The van der Waals surface area contributed by atoms with Crippen LogP contribution in [0.2, 0.25) is 5.02 Å². The zero-order chi connectivity index (χ0) is 19.8. The highest BCUT2D eigenvalue weighted by Gasteiger charge is 2.65. The number of nitrogens with one attached hydrogen (secondary N) is 2. The monoisotopic (exact) mass is 407 g/mol. The van der Waals surface area contributed by atoms with Crippen molar-refractivity contribution in [1.29, 1.82) is 0 Å². The lowest BCUT2D eigenvalue weighted by Crippen LogP contribution is -2.35. The van der Waals surface area contributed by atoms with Crippen molar-refractivity contribution in [2.24, 2.45) is 5.92 Å². The first-order valence-electron chi connectivity index (χ1n) is 9.18. The van der Waals surface area contributed by atoms with Crippen molar-refractivity contribution in [3.8, 4) is 0 Å². The summed E-state index contributed by atoms with van der Waals surface area (Å²) in [6.07, 6.45) is 2.58. The fourth-order valence-corrected chi connectivity index (χ4v) is 3.80. The molecule has 2 aromatic rings. The number of fused-ring (bicyclic) bond motifs is 3. The van der Waals surface area contributed by atoms with Gasteiger partial charge in [0.25, 0.3) is 0 Å². The van der Waals surface area contributed by atoms with Gasteiger partial charge in [0.2, 0.25) is 17.5 Å². The Balaban J connectivity index is 1.23. The van der Waals surface area contributed by atoms with Crippen LogP contribution in [0.25, 0.3) is 10.9 Å². The number of rotatable bonds is 7. The maximum absolute atomic E-state index is 12.2. The van der Waals surface area contributed by atoms with Crippen LogP contribution in [0, 0.1) is 5.92 Å². The highest BCUT2D eigenvalue weighted by atomic mass is 35.5. The minimum absolute atomic E-state index is 0.0494. The normalized spacial score (nSPS) is 28.6. The lowest BCUT2D eigenvalue weighted by Gasteiger charge is -2.20. The Bertz CT molecular complexity index is 867. The molecule has 150 valence electrons. The smallest absolute Gasteiger partial charge is 0.239 e. The number of halogens is 1. The maximum Gasteiger partial charge on any atom is 0.239 e. The summed E-state index contributed by atoms with van der Waals surface area (Å²) in [5.41, 5.74) is 1.77. The number of amides is 1. The number of anilines is 1. The molecule has 2 fully saturated rings. The van der Waals surface area contributed by atoms with Gasteiger partial charge in [-0.15, -0.1) is 0 Å². The van der Waals surface area contributed by atoms with E-state index in [-0.39, 0.29) is 11.8 Å². The van der Waals surface area contributed by atoms with Crippen molar-refractivity contribution in [3.63, 3.8) is 0 Å². The molecule has 2 aliphatic heterocycles. The standard InChI is InChI=1S/C19H22ClN3O5/c1-18-16(19(2,27-25-18)28-26-18)5-6-17(24)23-10-9-22-14-7-8-21-15-11-12(20)3-4-13(14)15/h3-4,7-8,11,16H,5-6,9-10H2,1-2H3,(H,21,22)(H,23,24). The Morgan fingerprint density at radius 1 is 1.14 bits per heavy atom. The van der Waals surface area contributed by atoms with Crippen molar-refractivity contribution >= 4 is 34.1 Å². The van der Waals surface area contributed by atoms with Crippen LogP contribution >= 0.6 is 11.6 Å². The highest BCUT2D eigenvalue weighted by molar-refractivity contribution is 6.31. The van der Waals surface area contributed by atoms with Crippen LogP contribution in [-0.4, -0.2) is 35.6 Å². The van der Waals surface area contributed by atoms with Crippen LogP contribution in [0.1, 0.15) is 26.7 Å². The van der Waals surface area contributed by atoms with E-state index in [1.165, 1.54) is 0 Å². The van der Waals surface area contributed by atoms with Gasteiger partial charge in [0.05, 0.1) is 11.4 Å². The average Bonchev–Trinajstić information content (AvgIpc) is 3.07. The van der Waals surface area contributed by atoms with Crippen LogP contribution < -0.4 is 10.6 Å². The molecule has 2 saturated heterocycles. The first-order chi connectivity index (χ1) is 13.4. The predicted molar refractivity (Wildman–Crippen MR) is 102 cm³/mol. The van der Waals surface area contributed by atoms with Gasteiger partial charge in [0, 0.05) is 41.8 Å². The van der Waals surface area contributed by atoms with Crippen molar-refractivity contribution < 1.29 is 24.3 Å². The second-order valence-electron chi connectivity index (χ2n) is 7.25. The lowest BCUT2D eigenvalue weighted by molar-refractivity contribution is -0.583. The molecule has 1 aromatic carbocycles. The Kier molecular flexibility index (Phi) is 5.15. The van der Waals surface area contributed by atoms with Crippen LogP contribution in [0.15, 0.2) is 30.5 Å². The van der Waals surface area contributed by atoms with Crippen LogP contribution in [0.3, 0.4) is 0 Å². The van der Waals surface area contributed by atoms with Gasteiger partial charge in [-0.3, -0.25) is 9.78 Å². The first-order valence-corrected chi connectivity index (χ1v) is 9.56. The molecular formula is C19H22ClN3O5. The molecule has 28 heavy (non-hydrogen) atoms. The van der Waals surface area contributed by atoms with Gasteiger partial charge < -0.3 is 10.6 Å². The summed E-state index contributed by atoms with van der Waals surface area (Å²) >= 11 is 6.01. The Labute approximate surface area is 167 Å². The highest BCUT2D eigenvalue weighted by Crippen LogP contribution is 2.51. The molecule has 0 saturated carbocycles. The average molecular weight is 408 g/mol. The summed E-state index contributed by atoms with van der Waals surface area (Å²) in [4.78, 5) is 37.2. The summed E-state index contributed by atoms with van der Waals surface area (Å²) < 4.78 is 0. The lowest BCUT2D eigenvalue weighted by atomic mass is 9.89. The van der Waals surface area contributed by atoms with Crippen LogP contribution in [0.5, 0.6) is 0 Å². The molecule has 3 heterocycles. The first kappa shape index (κ1) is 19.4. The molecule has 0 radical (unpaired) electrons. The minimum Gasteiger partial charge on any atom is -0.383 e. The van der Waals surface area contributed by atoms with E-state index in [1.54, 1.807) is 20.0 Å². The molecule has 9 heteroatoms. The van der Waals surface area contributed by atoms with Gasteiger partial charge in [-0.05, 0) is 44.5 Å². The SMILES string of the molecule is CC12OOC(C)(OO1)C2CCC(=O)NCCNc1ccnc2cc(Cl)ccc12. The topological polar surface area (TPSA) is 90.9 Å². The van der Waals surface area contributed by atoms with Crippen LogP contribution in [0.4, 0.5) is 5.69 Å². The molecule has 0 atom stereocenters. The fraction of sp³-hybridized carbons (Fsp3) is 0.474. The largest absolute Gasteiger partial charge is 0.383 e. The van der Waals surface area contributed by atoms with Crippen molar-refractivity contribution in [2.75, 3.05) is 18.4 Å². The Hall–Kier alpha value is -1.97. The third-order valence-corrected chi connectivity index (χ3v) is 5.37. The van der Waals surface area contributed by atoms with Gasteiger partial charge in [-0.2, -0.15) is 19.6 Å². The molecule has 8 nitrogen and oxygen atoms in total. The van der Waals surface area contributed by atoms with Gasteiger partial charge in [-0.1, -0.05) is 11.6 Å². The van der Waals surface area contributed by atoms with Gasteiger partial charge >= 0.3 is 0 Å². The number of carbonyl (C=O) groups excluding carboxylic acids is 1. The molecule has 0 aliphatic carbocycles. The quantitative estimate of drug-likeness (QED) is 0.538. The maximum atomic E-state index is 12.2. The number of hydrogen-bond acceptors (Lipinski definition) is 7. The summed E-state index contributed by atoms with van der Waals surface area (Å²) in [7, 11) is 0. The van der Waals surface area contributed by atoms with Crippen molar-refractivity contribution in [3.05, 3.63) is 35.5 Å². The van der Waals surface area contributed by atoms with Crippen molar-refractivity contribution in [1.82, 2.24) is 10.3 Å². The van der Waals surface area contributed by atoms with E-state index in [0.717, 1.165) is 16.6 Å². The number of nitrogens with zero attached hydrogens (tertiary/aromatic N) is 1. The molecule has 2 aliphatic rings. The molecule has 0 unspecified atom stereocenters. The van der Waals surface area contributed by atoms with E-state index in [1.807, 2.05) is 24.3 Å². The van der Waals surface area contributed by atoms with Gasteiger partial charge in [0.15, 0.2) is 0 Å². The number of carbonyl (C=O) groups is 1. The number of aromatic nitrogens is 1. The molecule has 0 spiro atoms. The van der Waals surface area contributed by atoms with Gasteiger partial charge in [-0.25, -0.2) is 0 Å². The molecule has 4 rings (SSSR count). The summed E-state index contributed by atoms with van der Waals surface area (Å²) in [5, 5.41) is 7.86. The molecule has 1 amide bonds. The summed E-state index contributed by atoms with van der Waals surface area (Å²) in [5.74, 6) is -2.17. The molecule has 2 N–H and O–H groups in total. The third kappa shape index (κ3) is 3.66. The second kappa shape index (κ2) is 7.46. The fourth-order valence-electron chi connectivity index (χ4n) is 3.63. The zero-order valence-electron chi connectivity index (χ0n) is 15.7. The second-order valence-corrected chi connectivity index (χ2v) is 7.69. The summed E-state index contributed by atoms with van der Waals surface area (Å²) in [6.45, 7) is 4.56. The summed E-state index contributed by atoms with van der Waals surface area (Å²) in [6, 6.07) is 7.48. The molecule has 1 aromatic heterocycles. The van der Waals surface area contributed by atoms with E-state index in [9.17, 15) is 4.79 Å². The zero-order valence-corrected chi connectivity index (χ0v) is 16.4. The minimum atomic E-state index is -0.970. The Morgan fingerprint density at radius 2 is 1.86 bits per heavy atom. The third-order valence-electron chi connectivity index (χ3n) is 5.14. The van der Waals surface area contributed by atoms with Crippen molar-refractivity contribution in [2.45, 2.75) is 38.3 Å². The number of hydrogen-bond donors (Lipinski definition) is 2. The number of benzene rings is 1. The number of pyridine rings is 1. The molecular weight excluding hydrogens is 386 g/mol. The Morgan fingerprint density at radius 3 is 2.57 bits per heavy atom. The van der Waals surface area contributed by atoms with Crippen LogP contribution in [-0.2, 0) is 24.3 Å². The van der Waals surface area contributed by atoms with E-state index < -0.39 is 11.6 Å². The van der Waals surface area contributed by atoms with E-state index in [4.69, 9.17) is 31.2 Å². The predicted octanol–water partition coefficient (Wildman–Crippen LogP) is 3.17. The van der Waals surface area contributed by atoms with E-state index in [2.05, 4.69) is 15.6 Å².